The van der Waals surface area contributed by atoms with Crippen LogP contribution in [0.2, 0.25) is 0 Å². The van der Waals surface area contributed by atoms with E-state index in [9.17, 15) is 0 Å². The topological polar surface area (TPSA) is 9.23 Å². The first-order valence-corrected chi connectivity index (χ1v) is 6.45. The molecule has 1 nitrogen and oxygen atoms in total. The van der Waals surface area contributed by atoms with Crippen molar-refractivity contribution in [2.75, 3.05) is 7.11 Å². The minimum Gasteiger partial charge on any atom is -0.496 e. The zero-order chi connectivity index (χ0) is 12.5. The molecule has 1 aromatic carbocycles. The zero-order valence-corrected chi connectivity index (χ0v) is 11.3. The number of para-hydroxylation sites is 1. The van der Waals surface area contributed by atoms with Gasteiger partial charge in [0, 0.05) is 10.4 Å². The van der Waals surface area contributed by atoms with E-state index in [4.69, 9.17) is 4.74 Å². The van der Waals surface area contributed by atoms with Gasteiger partial charge in [0.25, 0.3) is 0 Å². The van der Waals surface area contributed by atoms with Crippen LogP contribution in [0.15, 0.2) is 53.9 Å². The number of methoxy groups -OCH3 is 1. The predicted octanol–water partition coefficient (Wildman–Crippen LogP) is 5.01. The fourth-order valence-electron chi connectivity index (χ4n) is 1.28. The minimum atomic E-state index is 0.935. The molecule has 0 aliphatic rings. The van der Waals surface area contributed by atoms with Crippen LogP contribution < -0.4 is 4.74 Å². The van der Waals surface area contributed by atoms with Crippen molar-refractivity contribution in [1.82, 2.24) is 0 Å². The number of allylic oxidation sites excluding steroid dienone is 2. The summed E-state index contributed by atoms with van der Waals surface area (Å²) in [6.07, 6.45) is 4.00. The van der Waals surface area contributed by atoms with Crippen molar-refractivity contribution in [1.29, 1.82) is 0 Å². The molecule has 17 heavy (non-hydrogen) atoms. The van der Waals surface area contributed by atoms with Gasteiger partial charge in [-0.3, -0.25) is 0 Å². The van der Waals surface area contributed by atoms with Gasteiger partial charge in [-0.1, -0.05) is 30.4 Å². The third-order valence-corrected chi connectivity index (χ3v) is 3.13. The Morgan fingerprint density at radius 1 is 1.00 bits per heavy atom. The van der Waals surface area contributed by atoms with Gasteiger partial charge in [0.2, 0.25) is 0 Å². The van der Waals surface area contributed by atoms with Crippen molar-refractivity contribution >= 4 is 11.3 Å². The lowest BCUT2D eigenvalue weighted by Gasteiger charge is -2.04. The number of thiophene rings is 1. The molecule has 0 unspecified atom stereocenters. The molecule has 1 aromatic heterocycles. The summed E-state index contributed by atoms with van der Waals surface area (Å²) in [6, 6.07) is 12.2. The van der Waals surface area contributed by atoms with Crippen LogP contribution in [0.25, 0.3) is 10.4 Å². The van der Waals surface area contributed by atoms with Crippen molar-refractivity contribution in [3.05, 3.63) is 53.9 Å². The van der Waals surface area contributed by atoms with E-state index in [-0.39, 0.29) is 0 Å². The number of ether oxygens (including phenoxy) is 1. The fourth-order valence-corrected chi connectivity index (χ4v) is 2.04. The van der Waals surface area contributed by atoms with E-state index in [1.807, 2.05) is 50.3 Å². The average molecular weight is 246 g/mol. The summed E-state index contributed by atoms with van der Waals surface area (Å²) in [7, 11) is 1.70. The monoisotopic (exact) mass is 246 g/mol. The van der Waals surface area contributed by atoms with Gasteiger partial charge >= 0.3 is 0 Å². The van der Waals surface area contributed by atoms with Gasteiger partial charge in [0.15, 0.2) is 0 Å². The Morgan fingerprint density at radius 3 is 2.24 bits per heavy atom. The third kappa shape index (κ3) is 4.08. The summed E-state index contributed by atoms with van der Waals surface area (Å²) >= 11 is 1.73. The summed E-state index contributed by atoms with van der Waals surface area (Å²) in [5.74, 6) is 0.935. The second-order valence-electron chi connectivity index (χ2n) is 3.34. The summed E-state index contributed by atoms with van der Waals surface area (Å²) < 4.78 is 5.28. The summed E-state index contributed by atoms with van der Waals surface area (Å²) in [4.78, 5) is 1.25. The van der Waals surface area contributed by atoms with Gasteiger partial charge in [0.1, 0.15) is 5.75 Å². The van der Waals surface area contributed by atoms with Crippen LogP contribution in [0.5, 0.6) is 5.75 Å². The fraction of sp³-hybridized carbons (Fsp3) is 0.200. The molecule has 0 atom stereocenters. The molecule has 2 rings (SSSR count). The van der Waals surface area contributed by atoms with Crippen LogP contribution in [0.4, 0.5) is 0 Å². The number of benzene rings is 1. The van der Waals surface area contributed by atoms with Crippen LogP contribution >= 0.6 is 11.3 Å². The van der Waals surface area contributed by atoms with Crippen molar-refractivity contribution < 1.29 is 4.74 Å². The van der Waals surface area contributed by atoms with Crippen LogP contribution in [-0.4, -0.2) is 7.11 Å². The third-order valence-electron chi connectivity index (χ3n) is 2.23. The molecule has 0 saturated carbocycles. The molecule has 0 amide bonds. The molecular weight excluding hydrogens is 228 g/mol. The van der Waals surface area contributed by atoms with Crippen LogP contribution in [0, 0.1) is 0 Å². The van der Waals surface area contributed by atoms with E-state index >= 15 is 0 Å². The second kappa shape index (κ2) is 7.69. The highest BCUT2D eigenvalue weighted by atomic mass is 32.1. The number of rotatable bonds is 2. The largest absolute Gasteiger partial charge is 0.496 e. The normalized spacial score (nSPS) is 9.82. The van der Waals surface area contributed by atoms with Crippen molar-refractivity contribution in [3.63, 3.8) is 0 Å². The van der Waals surface area contributed by atoms with Gasteiger partial charge in [-0.05, 0) is 37.4 Å². The Hall–Kier alpha value is -1.54. The second-order valence-corrected chi connectivity index (χ2v) is 4.29. The maximum atomic E-state index is 5.28. The highest BCUT2D eigenvalue weighted by molar-refractivity contribution is 7.13. The Balaban J connectivity index is 0.000000317. The molecule has 0 radical (unpaired) electrons. The van der Waals surface area contributed by atoms with Crippen LogP contribution in [-0.2, 0) is 0 Å². The molecule has 90 valence electrons. The molecule has 1 heterocycles. The summed E-state index contributed by atoms with van der Waals surface area (Å²) in [6.45, 7) is 4.00. The molecule has 0 bridgehead atoms. The highest BCUT2D eigenvalue weighted by Gasteiger charge is 2.03. The van der Waals surface area contributed by atoms with E-state index in [1.54, 1.807) is 18.4 Å². The number of hydrogen-bond acceptors (Lipinski definition) is 2. The van der Waals surface area contributed by atoms with Gasteiger partial charge in [-0.15, -0.1) is 11.3 Å². The average Bonchev–Trinajstić information content (AvgIpc) is 2.93. The standard InChI is InChI=1S/C11H10OS.C4H8/c1-12-10-6-3-2-5-9(10)11-7-4-8-13-11;1-3-4-2/h2-8H,1H3;3-4H,1-2H3/b;4-3-. The molecule has 0 N–H and O–H groups in total. The SMILES string of the molecule is C/C=C\C.COc1ccccc1-c1cccs1. The Kier molecular flexibility index (Phi) is 6.12. The predicted molar refractivity (Wildman–Crippen MR) is 76.8 cm³/mol. The quantitative estimate of drug-likeness (QED) is 0.677. The first kappa shape index (κ1) is 13.5. The van der Waals surface area contributed by atoms with E-state index in [1.165, 1.54) is 10.4 Å². The Bertz CT molecular complexity index is 440. The van der Waals surface area contributed by atoms with Crippen molar-refractivity contribution in [2.24, 2.45) is 0 Å². The first-order valence-electron chi connectivity index (χ1n) is 5.57. The molecular formula is C15H18OS. The van der Waals surface area contributed by atoms with E-state index in [2.05, 4.69) is 17.5 Å². The zero-order valence-electron chi connectivity index (χ0n) is 10.5. The lowest BCUT2D eigenvalue weighted by atomic mass is 10.2. The van der Waals surface area contributed by atoms with Crippen molar-refractivity contribution in [2.45, 2.75) is 13.8 Å². The van der Waals surface area contributed by atoms with Gasteiger partial charge in [0.05, 0.1) is 7.11 Å². The molecule has 0 spiro atoms. The molecule has 0 aliphatic heterocycles. The van der Waals surface area contributed by atoms with E-state index in [0.717, 1.165) is 5.75 Å². The summed E-state index contributed by atoms with van der Waals surface area (Å²) in [5, 5.41) is 2.07. The Morgan fingerprint density at radius 2 is 1.71 bits per heavy atom. The lowest BCUT2D eigenvalue weighted by molar-refractivity contribution is 0.416. The van der Waals surface area contributed by atoms with Gasteiger partial charge < -0.3 is 4.74 Å². The maximum Gasteiger partial charge on any atom is 0.127 e. The van der Waals surface area contributed by atoms with E-state index < -0.39 is 0 Å². The molecule has 0 fully saturated rings. The van der Waals surface area contributed by atoms with E-state index in [0.29, 0.717) is 0 Å². The van der Waals surface area contributed by atoms with Gasteiger partial charge in [-0.25, -0.2) is 0 Å². The molecule has 0 aliphatic carbocycles. The first-order chi connectivity index (χ1) is 8.33. The summed E-state index contributed by atoms with van der Waals surface area (Å²) in [5.41, 5.74) is 1.17. The molecule has 2 aromatic rings. The highest BCUT2D eigenvalue weighted by Crippen LogP contribution is 2.32. The minimum absolute atomic E-state index is 0.935. The smallest absolute Gasteiger partial charge is 0.127 e. The molecule has 2 heteroatoms. The number of hydrogen-bond donors (Lipinski definition) is 0. The van der Waals surface area contributed by atoms with Crippen molar-refractivity contribution in [3.8, 4) is 16.2 Å². The van der Waals surface area contributed by atoms with Crippen LogP contribution in [0.1, 0.15) is 13.8 Å². The lowest BCUT2D eigenvalue weighted by Crippen LogP contribution is -1.84. The molecule has 0 saturated heterocycles. The van der Waals surface area contributed by atoms with Gasteiger partial charge in [-0.2, -0.15) is 0 Å². The maximum absolute atomic E-state index is 5.28. The Labute approximate surface area is 107 Å². The van der Waals surface area contributed by atoms with Crippen LogP contribution in [0.3, 0.4) is 0 Å².